The summed E-state index contributed by atoms with van der Waals surface area (Å²) in [4.78, 5) is 14.9. The summed E-state index contributed by atoms with van der Waals surface area (Å²) in [5.74, 6) is -0.292. The highest BCUT2D eigenvalue weighted by atomic mass is 35.5. The number of unbranched alkanes of at least 4 members (excludes halogenated alkanes) is 1. The summed E-state index contributed by atoms with van der Waals surface area (Å²) in [7, 11) is 0. The number of nitrogens with one attached hydrogen (secondary N) is 1. The molecule has 0 atom stereocenters. The number of aromatic nitrogens is 1. The number of hydrogen-bond acceptors (Lipinski definition) is 2. The van der Waals surface area contributed by atoms with Crippen LogP contribution >= 0.6 is 11.6 Å². The van der Waals surface area contributed by atoms with Gasteiger partial charge < -0.3 is 9.72 Å². The molecule has 1 heterocycles. The standard InChI is InChI=1S/C13H14ClNO2/c1-2-3-8-17-13(16)10-4-5-11(14)12-9(10)6-7-15-12/h4-7,15H,2-3,8H2,1H3. The van der Waals surface area contributed by atoms with E-state index in [9.17, 15) is 4.79 Å². The third-order valence-corrected chi connectivity index (χ3v) is 2.94. The molecule has 0 amide bonds. The maximum atomic E-state index is 11.9. The third kappa shape index (κ3) is 2.44. The van der Waals surface area contributed by atoms with Crippen molar-refractivity contribution in [3.63, 3.8) is 0 Å². The highest BCUT2D eigenvalue weighted by molar-refractivity contribution is 6.35. The van der Waals surface area contributed by atoms with Crippen LogP contribution in [0.15, 0.2) is 24.4 Å². The van der Waals surface area contributed by atoms with Gasteiger partial charge in [-0.15, -0.1) is 0 Å². The SMILES string of the molecule is CCCCOC(=O)c1ccc(Cl)c2[nH]ccc12. The van der Waals surface area contributed by atoms with Crippen LogP contribution in [0.4, 0.5) is 0 Å². The molecule has 0 aliphatic carbocycles. The zero-order valence-electron chi connectivity index (χ0n) is 9.63. The Balaban J connectivity index is 2.26. The molecule has 0 bridgehead atoms. The lowest BCUT2D eigenvalue weighted by atomic mass is 10.1. The number of aromatic amines is 1. The fraction of sp³-hybridized carbons (Fsp3) is 0.308. The molecule has 3 nitrogen and oxygen atoms in total. The van der Waals surface area contributed by atoms with Crippen LogP contribution in [0.25, 0.3) is 10.9 Å². The lowest BCUT2D eigenvalue weighted by Crippen LogP contribution is -2.06. The van der Waals surface area contributed by atoms with Crippen molar-refractivity contribution in [1.29, 1.82) is 0 Å². The topological polar surface area (TPSA) is 42.1 Å². The van der Waals surface area contributed by atoms with Gasteiger partial charge in [-0.3, -0.25) is 0 Å². The van der Waals surface area contributed by atoms with Gasteiger partial charge in [-0.25, -0.2) is 4.79 Å². The van der Waals surface area contributed by atoms with Crippen molar-refractivity contribution < 1.29 is 9.53 Å². The predicted octanol–water partition coefficient (Wildman–Crippen LogP) is 3.78. The lowest BCUT2D eigenvalue weighted by Gasteiger charge is -2.05. The second-order valence-electron chi connectivity index (χ2n) is 3.85. The van der Waals surface area contributed by atoms with Gasteiger partial charge >= 0.3 is 5.97 Å². The van der Waals surface area contributed by atoms with E-state index < -0.39 is 0 Å². The molecule has 4 heteroatoms. The number of fused-ring (bicyclic) bond motifs is 1. The van der Waals surface area contributed by atoms with E-state index in [1.165, 1.54) is 0 Å². The van der Waals surface area contributed by atoms with Crippen LogP contribution in [0.2, 0.25) is 5.02 Å². The quantitative estimate of drug-likeness (QED) is 0.664. The van der Waals surface area contributed by atoms with E-state index in [1.807, 2.05) is 6.07 Å². The third-order valence-electron chi connectivity index (χ3n) is 2.62. The van der Waals surface area contributed by atoms with Crippen LogP contribution in [0.5, 0.6) is 0 Å². The minimum absolute atomic E-state index is 0.292. The fourth-order valence-electron chi connectivity index (χ4n) is 1.69. The van der Waals surface area contributed by atoms with Gasteiger partial charge in [-0.2, -0.15) is 0 Å². The summed E-state index contributed by atoms with van der Waals surface area (Å²) < 4.78 is 5.19. The molecule has 0 fully saturated rings. The minimum Gasteiger partial charge on any atom is -0.462 e. The van der Waals surface area contributed by atoms with Gasteiger partial charge in [0.15, 0.2) is 0 Å². The van der Waals surface area contributed by atoms with Crippen LogP contribution in [-0.2, 0) is 4.74 Å². The maximum Gasteiger partial charge on any atom is 0.338 e. The van der Waals surface area contributed by atoms with E-state index in [0.717, 1.165) is 23.7 Å². The monoisotopic (exact) mass is 251 g/mol. The van der Waals surface area contributed by atoms with Crippen LogP contribution in [0.1, 0.15) is 30.1 Å². The molecule has 17 heavy (non-hydrogen) atoms. The van der Waals surface area contributed by atoms with Gasteiger partial charge in [-0.05, 0) is 24.6 Å². The highest BCUT2D eigenvalue weighted by Gasteiger charge is 2.13. The van der Waals surface area contributed by atoms with E-state index in [2.05, 4.69) is 11.9 Å². The number of esters is 1. The lowest BCUT2D eigenvalue weighted by molar-refractivity contribution is 0.0502. The predicted molar refractivity (Wildman–Crippen MR) is 68.5 cm³/mol. The Hall–Kier alpha value is -1.48. The average molecular weight is 252 g/mol. The number of carbonyl (C=O) groups is 1. The Kier molecular flexibility index (Phi) is 3.69. The first-order chi connectivity index (χ1) is 8.24. The van der Waals surface area contributed by atoms with Crippen LogP contribution < -0.4 is 0 Å². The molecule has 0 aliphatic rings. The number of H-pyrrole nitrogens is 1. The molecule has 2 rings (SSSR count). The number of benzene rings is 1. The van der Waals surface area contributed by atoms with Crippen molar-refractivity contribution in [2.75, 3.05) is 6.61 Å². The molecule has 0 radical (unpaired) electrons. The van der Waals surface area contributed by atoms with Crippen LogP contribution in [0, 0.1) is 0 Å². The van der Waals surface area contributed by atoms with E-state index in [0.29, 0.717) is 17.2 Å². The first kappa shape index (κ1) is 12.0. The van der Waals surface area contributed by atoms with Crippen molar-refractivity contribution in [1.82, 2.24) is 4.98 Å². The molecule has 90 valence electrons. The fourth-order valence-corrected chi connectivity index (χ4v) is 1.91. The molecular weight excluding hydrogens is 238 g/mol. The van der Waals surface area contributed by atoms with E-state index in [-0.39, 0.29) is 5.97 Å². The van der Waals surface area contributed by atoms with E-state index >= 15 is 0 Å². The smallest absolute Gasteiger partial charge is 0.338 e. The minimum atomic E-state index is -0.292. The Morgan fingerprint density at radius 2 is 2.24 bits per heavy atom. The zero-order chi connectivity index (χ0) is 12.3. The van der Waals surface area contributed by atoms with Gasteiger partial charge in [0.2, 0.25) is 0 Å². The summed E-state index contributed by atoms with van der Waals surface area (Å²) in [6, 6.07) is 5.24. The number of ether oxygens (including phenoxy) is 1. The molecule has 0 unspecified atom stereocenters. The molecule has 1 aromatic carbocycles. The van der Waals surface area contributed by atoms with Crippen molar-refractivity contribution in [2.24, 2.45) is 0 Å². The number of hydrogen-bond donors (Lipinski definition) is 1. The second kappa shape index (κ2) is 5.23. The Morgan fingerprint density at radius 1 is 1.41 bits per heavy atom. The molecule has 1 aromatic heterocycles. The maximum absolute atomic E-state index is 11.9. The summed E-state index contributed by atoms with van der Waals surface area (Å²) in [5.41, 5.74) is 1.33. The van der Waals surface area contributed by atoms with E-state index in [1.54, 1.807) is 18.3 Å². The summed E-state index contributed by atoms with van der Waals surface area (Å²) in [6.45, 7) is 2.52. The first-order valence-corrected chi connectivity index (χ1v) is 6.04. The van der Waals surface area contributed by atoms with Crippen molar-refractivity contribution in [3.8, 4) is 0 Å². The number of halogens is 1. The molecular formula is C13H14ClNO2. The van der Waals surface area contributed by atoms with Gasteiger partial charge in [0.05, 0.1) is 22.7 Å². The van der Waals surface area contributed by atoms with Gasteiger partial charge in [0.1, 0.15) is 0 Å². The van der Waals surface area contributed by atoms with Crippen molar-refractivity contribution in [2.45, 2.75) is 19.8 Å². The number of carbonyl (C=O) groups excluding carboxylic acids is 1. The van der Waals surface area contributed by atoms with E-state index in [4.69, 9.17) is 16.3 Å². The molecule has 0 aliphatic heterocycles. The molecule has 0 saturated heterocycles. The number of rotatable bonds is 4. The summed E-state index contributed by atoms with van der Waals surface area (Å²) in [6.07, 6.45) is 3.66. The molecule has 0 saturated carbocycles. The Labute approximate surface area is 105 Å². The van der Waals surface area contributed by atoms with Gasteiger partial charge in [0.25, 0.3) is 0 Å². The van der Waals surface area contributed by atoms with Gasteiger partial charge in [-0.1, -0.05) is 24.9 Å². The molecule has 1 N–H and O–H groups in total. The zero-order valence-corrected chi connectivity index (χ0v) is 10.4. The Bertz CT molecular complexity index is 533. The Morgan fingerprint density at radius 3 is 3.00 bits per heavy atom. The van der Waals surface area contributed by atoms with Crippen molar-refractivity contribution in [3.05, 3.63) is 35.0 Å². The summed E-state index contributed by atoms with van der Waals surface area (Å²) in [5, 5.41) is 1.41. The summed E-state index contributed by atoms with van der Waals surface area (Å²) >= 11 is 6.02. The van der Waals surface area contributed by atoms with Crippen molar-refractivity contribution >= 4 is 28.5 Å². The van der Waals surface area contributed by atoms with Crippen LogP contribution in [0.3, 0.4) is 0 Å². The average Bonchev–Trinajstić information content (AvgIpc) is 2.79. The van der Waals surface area contributed by atoms with Crippen LogP contribution in [-0.4, -0.2) is 17.6 Å². The largest absolute Gasteiger partial charge is 0.462 e. The first-order valence-electron chi connectivity index (χ1n) is 5.66. The normalized spacial score (nSPS) is 10.7. The van der Waals surface area contributed by atoms with Gasteiger partial charge in [0, 0.05) is 11.6 Å². The molecule has 0 spiro atoms. The molecule has 2 aromatic rings. The highest BCUT2D eigenvalue weighted by Crippen LogP contribution is 2.25. The second-order valence-corrected chi connectivity index (χ2v) is 4.26.